The molecule has 8 heteroatoms. The molecule has 1 aliphatic carbocycles. The van der Waals surface area contributed by atoms with E-state index in [0.717, 1.165) is 47.7 Å². The van der Waals surface area contributed by atoms with Gasteiger partial charge in [-0.25, -0.2) is 4.40 Å². The first-order valence-corrected chi connectivity index (χ1v) is 10.9. The summed E-state index contributed by atoms with van der Waals surface area (Å²) in [6.45, 7) is 4.16. The topological polar surface area (TPSA) is 98.6 Å². The maximum absolute atomic E-state index is 11.5. The first-order valence-electron chi connectivity index (χ1n) is 10.1. The number of benzene rings is 3. The SMILES string of the molecule is Cc1ccc(C2(c3ccccc3)CC/C2=N\Sc2ccc([N+](=O)[O-])cc2[N+](=O)[O-])cc1C. The normalized spacial score (nSPS) is 18.9. The third kappa shape index (κ3) is 3.78. The summed E-state index contributed by atoms with van der Waals surface area (Å²) in [5.41, 5.74) is 4.61. The molecule has 3 aromatic rings. The van der Waals surface area contributed by atoms with E-state index in [-0.39, 0.29) is 21.7 Å². The number of hydrogen-bond acceptors (Lipinski definition) is 6. The number of rotatable bonds is 6. The van der Waals surface area contributed by atoms with Crippen molar-refractivity contribution in [1.82, 2.24) is 0 Å². The minimum absolute atomic E-state index is 0.280. The maximum Gasteiger partial charge on any atom is 0.291 e. The van der Waals surface area contributed by atoms with Crippen molar-refractivity contribution in [3.05, 3.63) is 109 Å². The molecule has 0 amide bonds. The fourth-order valence-corrected chi connectivity index (χ4v) is 4.88. The maximum atomic E-state index is 11.5. The summed E-state index contributed by atoms with van der Waals surface area (Å²) in [5.74, 6) is 0. The Labute approximate surface area is 189 Å². The number of nitro benzene ring substituents is 2. The van der Waals surface area contributed by atoms with Crippen LogP contribution in [0.5, 0.6) is 0 Å². The van der Waals surface area contributed by atoms with E-state index >= 15 is 0 Å². The number of nitrogens with zero attached hydrogens (tertiary/aromatic N) is 3. The third-order valence-electron chi connectivity index (χ3n) is 6.10. The Morgan fingerprint density at radius 1 is 0.875 bits per heavy atom. The number of nitro groups is 2. The van der Waals surface area contributed by atoms with E-state index in [2.05, 4.69) is 44.2 Å². The van der Waals surface area contributed by atoms with Gasteiger partial charge in [-0.1, -0.05) is 48.5 Å². The van der Waals surface area contributed by atoms with E-state index in [9.17, 15) is 20.2 Å². The Kier molecular flexibility index (Phi) is 5.80. The van der Waals surface area contributed by atoms with Gasteiger partial charge >= 0.3 is 0 Å². The van der Waals surface area contributed by atoms with Gasteiger partial charge in [-0.3, -0.25) is 20.2 Å². The van der Waals surface area contributed by atoms with E-state index in [1.165, 1.54) is 23.3 Å². The van der Waals surface area contributed by atoms with Crippen LogP contribution in [0.25, 0.3) is 0 Å². The molecule has 0 bridgehead atoms. The summed E-state index contributed by atoms with van der Waals surface area (Å²) in [6.07, 6.45) is 1.66. The molecule has 0 radical (unpaired) electrons. The summed E-state index contributed by atoms with van der Waals surface area (Å²) >= 11 is 1.00. The van der Waals surface area contributed by atoms with Crippen molar-refractivity contribution in [2.24, 2.45) is 4.40 Å². The van der Waals surface area contributed by atoms with Crippen LogP contribution in [0.4, 0.5) is 11.4 Å². The van der Waals surface area contributed by atoms with Gasteiger partial charge in [0.05, 0.1) is 21.3 Å². The predicted molar refractivity (Wildman–Crippen MR) is 125 cm³/mol. The van der Waals surface area contributed by atoms with E-state index in [1.807, 2.05) is 18.2 Å². The number of hydrogen-bond donors (Lipinski definition) is 0. The summed E-state index contributed by atoms with van der Waals surface area (Å²) < 4.78 is 4.73. The lowest BCUT2D eigenvalue weighted by Crippen LogP contribution is -2.46. The van der Waals surface area contributed by atoms with Crippen molar-refractivity contribution in [3.8, 4) is 0 Å². The molecule has 1 atom stereocenters. The van der Waals surface area contributed by atoms with Crippen molar-refractivity contribution in [2.75, 3.05) is 0 Å². The molecule has 1 fully saturated rings. The molecule has 0 N–H and O–H groups in total. The molecule has 0 aliphatic heterocycles. The highest BCUT2D eigenvalue weighted by Gasteiger charge is 2.47. The molecule has 7 nitrogen and oxygen atoms in total. The molecule has 3 aromatic carbocycles. The fourth-order valence-electron chi connectivity index (χ4n) is 4.07. The van der Waals surface area contributed by atoms with Crippen molar-refractivity contribution in [3.63, 3.8) is 0 Å². The third-order valence-corrected chi connectivity index (χ3v) is 6.95. The minimum Gasteiger partial charge on any atom is -0.258 e. The van der Waals surface area contributed by atoms with Gasteiger partial charge in [0, 0.05) is 23.7 Å². The van der Waals surface area contributed by atoms with E-state index in [1.54, 1.807) is 0 Å². The van der Waals surface area contributed by atoms with Gasteiger partial charge in [0.15, 0.2) is 0 Å². The zero-order chi connectivity index (χ0) is 22.9. The largest absolute Gasteiger partial charge is 0.291 e. The molecular formula is C24H21N3O4S. The first-order chi connectivity index (χ1) is 15.3. The fraction of sp³-hybridized carbons (Fsp3) is 0.208. The van der Waals surface area contributed by atoms with E-state index < -0.39 is 9.85 Å². The average molecular weight is 448 g/mol. The smallest absolute Gasteiger partial charge is 0.258 e. The quantitative estimate of drug-likeness (QED) is 0.249. The standard InChI is InChI=1S/C24H21N3O4S/c1-16-8-9-19(14-17(16)2)24(18-6-4-3-5-7-18)13-12-23(24)25-32-22-11-10-20(26(28)29)15-21(22)27(30)31/h3-11,14-15H,12-13H2,1-2H3/b25-23+. The highest BCUT2D eigenvalue weighted by atomic mass is 32.2. The first kappa shape index (κ1) is 21.7. The second-order valence-electron chi connectivity index (χ2n) is 7.87. The lowest BCUT2D eigenvalue weighted by atomic mass is 9.59. The van der Waals surface area contributed by atoms with Crippen molar-refractivity contribution < 1.29 is 9.85 Å². The molecule has 0 saturated heterocycles. The zero-order valence-electron chi connectivity index (χ0n) is 17.6. The van der Waals surface area contributed by atoms with E-state index in [0.29, 0.717) is 0 Å². The van der Waals surface area contributed by atoms with Gasteiger partial charge in [0.1, 0.15) is 4.90 Å². The molecular weight excluding hydrogens is 426 g/mol. The lowest BCUT2D eigenvalue weighted by molar-refractivity contribution is -0.396. The van der Waals surface area contributed by atoms with Crippen molar-refractivity contribution >= 4 is 29.0 Å². The molecule has 0 aromatic heterocycles. The Bertz CT molecular complexity index is 1240. The van der Waals surface area contributed by atoms with Crippen LogP contribution in [-0.4, -0.2) is 15.6 Å². The summed E-state index contributed by atoms with van der Waals surface area (Å²) in [6, 6.07) is 20.2. The van der Waals surface area contributed by atoms with E-state index in [4.69, 9.17) is 4.40 Å². The summed E-state index contributed by atoms with van der Waals surface area (Å²) in [7, 11) is 0. The highest BCUT2D eigenvalue weighted by molar-refractivity contribution is 7.98. The number of non-ortho nitro benzene ring substituents is 1. The van der Waals surface area contributed by atoms with Crippen molar-refractivity contribution in [2.45, 2.75) is 37.0 Å². The highest BCUT2D eigenvalue weighted by Crippen LogP contribution is 2.48. The van der Waals surface area contributed by atoms with Crippen LogP contribution in [0.2, 0.25) is 0 Å². The second kappa shape index (κ2) is 8.55. The molecule has 1 saturated carbocycles. The molecule has 1 unspecified atom stereocenters. The van der Waals surface area contributed by atoms with Crippen molar-refractivity contribution in [1.29, 1.82) is 0 Å². The molecule has 0 spiro atoms. The molecule has 4 rings (SSSR count). The van der Waals surface area contributed by atoms with Gasteiger partial charge in [-0.05, 0) is 55.0 Å². The Morgan fingerprint density at radius 3 is 2.22 bits per heavy atom. The van der Waals surface area contributed by atoms with Gasteiger partial charge in [-0.15, -0.1) is 0 Å². The summed E-state index contributed by atoms with van der Waals surface area (Å²) in [4.78, 5) is 21.5. The van der Waals surface area contributed by atoms with Crippen LogP contribution in [0, 0.1) is 34.1 Å². The van der Waals surface area contributed by atoms with Crippen LogP contribution in [0.15, 0.2) is 76.0 Å². The van der Waals surface area contributed by atoms with Crippen LogP contribution < -0.4 is 0 Å². The van der Waals surface area contributed by atoms with Crippen LogP contribution in [0.1, 0.15) is 35.1 Å². The molecule has 32 heavy (non-hydrogen) atoms. The minimum atomic E-state index is -0.639. The lowest BCUT2D eigenvalue weighted by Gasteiger charge is -2.44. The second-order valence-corrected chi connectivity index (χ2v) is 8.67. The van der Waals surface area contributed by atoms with Gasteiger partial charge in [0.25, 0.3) is 11.4 Å². The molecule has 1 aliphatic rings. The Hall–Kier alpha value is -3.52. The Morgan fingerprint density at radius 2 is 1.62 bits per heavy atom. The monoisotopic (exact) mass is 447 g/mol. The van der Waals surface area contributed by atoms with Gasteiger partial charge < -0.3 is 0 Å². The zero-order valence-corrected chi connectivity index (χ0v) is 18.5. The average Bonchev–Trinajstić information content (AvgIpc) is 2.76. The number of aryl methyl sites for hydroxylation is 2. The Balaban J connectivity index is 1.77. The van der Waals surface area contributed by atoms with Gasteiger partial charge in [-0.2, -0.15) is 0 Å². The molecule has 0 heterocycles. The van der Waals surface area contributed by atoms with Crippen LogP contribution in [-0.2, 0) is 5.41 Å². The van der Waals surface area contributed by atoms with Crippen LogP contribution >= 0.6 is 11.9 Å². The van der Waals surface area contributed by atoms with Crippen LogP contribution in [0.3, 0.4) is 0 Å². The predicted octanol–water partition coefficient (Wildman–Crippen LogP) is 6.35. The molecule has 162 valence electrons. The van der Waals surface area contributed by atoms with Gasteiger partial charge in [0.2, 0.25) is 0 Å². The summed E-state index contributed by atoms with van der Waals surface area (Å²) in [5, 5.41) is 22.5.